The maximum atomic E-state index is 11.0. The quantitative estimate of drug-likeness (QED) is 0.431. The molecule has 2 aliphatic heterocycles. The summed E-state index contributed by atoms with van der Waals surface area (Å²) in [6, 6.07) is 0.226. The van der Waals surface area contributed by atoms with Crippen molar-refractivity contribution in [1.29, 1.82) is 0 Å². The highest BCUT2D eigenvalue weighted by atomic mass is 16.5. The molecule has 1 amide bonds. The molecule has 0 spiro atoms. The summed E-state index contributed by atoms with van der Waals surface area (Å²) in [5, 5.41) is 5.97. The van der Waals surface area contributed by atoms with Crippen LogP contribution in [0.4, 0.5) is 0 Å². The lowest BCUT2D eigenvalue weighted by molar-refractivity contribution is -0.130. The highest BCUT2D eigenvalue weighted by Crippen LogP contribution is 2.03. The molecule has 4 nitrogen and oxygen atoms in total. The molecule has 0 radical (unpaired) electrons. The lowest BCUT2D eigenvalue weighted by atomic mass is 10.1. The SMILES string of the molecule is O=C1NCC2COCC1N2. The summed E-state index contributed by atoms with van der Waals surface area (Å²) in [5.74, 6) is 0.0657. The second kappa shape index (κ2) is 2.21. The minimum atomic E-state index is -0.104. The number of nitrogens with one attached hydrogen (secondary N) is 2. The van der Waals surface area contributed by atoms with E-state index in [1.54, 1.807) is 0 Å². The Morgan fingerprint density at radius 3 is 3.20 bits per heavy atom. The molecule has 10 heavy (non-hydrogen) atoms. The number of hydrogen-bond acceptors (Lipinski definition) is 3. The first-order valence-corrected chi connectivity index (χ1v) is 3.48. The second-order valence-electron chi connectivity index (χ2n) is 2.70. The molecular formula is C6H10N2O2. The summed E-state index contributed by atoms with van der Waals surface area (Å²) < 4.78 is 5.18. The van der Waals surface area contributed by atoms with Gasteiger partial charge in [-0.3, -0.25) is 10.1 Å². The molecular weight excluding hydrogens is 132 g/mol. The molecule has 2 atom stereocenters. The van der Waals surface area contributed by atoms with Crippen LogP contribution in [0.5, 0.6) is 0 Å². The highest BCUT2D eigenvalue weighted by molar-refractivity contribution is 5.82. The van der Waals surface area contributed by atoms with Crippen LogP contribution in [0.2, 0.25) is 0 Å². The largest absolute Gasteiger partial charge is 0.378 e. The van der Waals surface area contributed by atoms with Gasteiger partial charge in [0.05, 0.1) is 13.2 Å². The molecule has 2 rings (SSSR count). The van der Waals surface area contributed by atoms with Gasteiger partial charge in [-0.1, -0.05) is 0 Å². The van der Waals surface area contributed by atoms with Crippen LogP contribution in [-0.2, 0) is 9.53 Å². The van der Waals surface area contributed by atoms with Crippen LogP contribution in [0.15, 0.2) is 0 Å². The number of hydrogen-bond donors (Lipinski definition) is 2. The van der Waals surface area contributed by atoms with Gasteiger partial charge in [0.25, 0.3) is 0 Å². The summed E-state index contributed by atoms with van der Waals surface area (Å²) in [6.45, 7) is 1.94. The van der Waals surface area contributed by atoms with E-state index < -0.39 is 0 Å². The Kier molecular flexibility index (Phi) is 1.35. The third kappa shape index (κ3) is 0.892. The fraction of sp³-hybridized carbons (Fsp3) is 0.833. The third-order valence-electron chi connectivity index (χ3n) is 1.88. The maximum Gasteiger partial charge on any atom is 0.239 e. The predicted molar refractivity (Wildman–Crippen MR) is 34.5 cm³/mol. The third-order valence-corrected chi connectivity index (χ3v) is 1.88. The Hall–Kier alpha value is -0.610. The van der Waals surface area contributed by atoms with Crippen molar-refractivity contribution in [2.24, 2.45) is 0 Å². The van der Waals surface area contributed by atoms with E-state index in [4.69, 9.17) is 4.74 Å². The van der Waals surface area contributed by atoms with Crippen LogP contribution in [0.3, 0.4) is 0 Å². The number of piperazine rings is 1. The van der Waals surface area contributed by atoms with Crippen molar-refractivity contribution in [2.75, 3.05) is 19.8 Å². The van der Waals surface area contributed by atoms with Crippen LogP contribution >= 0.6 is 0 Å². The van der Waals surface area contributed by atoms with Crippen molar-refractivity contribution in [3.05, 3.63) is 0 Å². The number of rotatable bonds is 0. The fourth-order valence-corrected chi connectivity index (χ4v) is 1.33. The summed E-state index contributed by atoms with van der Waals surface area (Å²) in [6.07, 6.45) is 0. The molecule has 0 aromatic rings. The molecule has 2 aliphatic rings. The van der Waals surface area contributed by atoms with Gasteiger partial charge in [0.15, 0.2) is 0 Å². The maximum absolute atomic E-state index is 11.0. The summed E-state index contributed by atoms with van der Waals surface area (Å²) >= 11 is 0. The molecule has 2 unspecified atom stereocenters. The van der Waals surface area contributed by atoms with Crippen molar-refractivity contribution in [2.45, 2.75) is 12.1 Å². The Balaban J connectivity index is 2.07. The number of carbonyl (C=O) groups excluding carboxylic acids is 1. The number of fused-ring (bicyclic) bond motifs is 2. The van der Waals surface area contributed by atoms with E-state index in [1.165, 1.54) is 0 Å². The van der Waals surface area contributed by atoms with E-state index in [1.807, 2.05) is 0 Å². The minimum Gasteiger partial charge on any atom is -0.378 e. The molecule has 2 saturated heterocycles. The zero-order valence-electron chi connectivity index (χ0n) is 5.59. The molecule has 0 aromatic heterocycles. The average Bonchev–Trinajstić information content (AvgIpc) is 1.99. The van der Waals surface area contributed by atoms with E-state index in [9.17, 15) is 4.79 Å². The van der Waals surface area contributed by atoms with Crippen LogP contribution in [-0.4, -0.2) is 37.7 Å². The van der Waals surface area contributed by atoms with Crippen molar-refractivity contribution in [3.63, 3.8) is 0 Å². The number of ether oxygens (including phenoxy) is 1. The molecule has 2 fully saturated rings. The van der Waals surface area contributed by atoms with Crippen molar-refractivity contribution >= 4 is 5.91 Å². The van der Waals surface area contributed by atoms with Crippen LogP contribution in [0, 0.1) is 0 Å². The molecule has 2 bridgehead atoms. The van der Waals surface area contributed by atoms with Gasteiger partial charge in [0.2, 0.25) is 5.91 Å². The molecule has 56 valence electrons. The van der Waals surface area contributed by atoms with Gasteiger partial charge < -0.3 is 10.1 Å². The van der Waals surface area contributed by atoms with Gasteiger partial charge in [-0.05, 0) is 0 Å². The highest BCUT2D eigenvalue weighted by Gasteiger charge is 2.31. The van der Waals surface area contributed by atoms with Crippen molar-refractivity contribution < 1.29 is 9.53 Å². The Morgan fingerprint density at radius 1 is 1.50 bits per heavy atom. The molecule has 0 saturated carbocycles. The predicted octanol–water partition coefficient (Wildman–Crippen LogP) is -1.53. The van der Waals surface area contributed by atoms with Gasteiger partial charge in [-0.15, -0.1) is 0 Å². The fourth-order valence-electron chi connectivity index (χ4n) is 1.33. The topological polar surface area (TPSA) is 50.4 Å². The first-order valence-electron chi connectivity index (χ1n) is 3.48. The lowest BCUT2D eigenvalue weighted by Crippen LogP contribution is -2.64. The van der Waals surface area contributed by atoms with Gasteiger partial charge >= 0.3 is 0 Å². The molecule has 4 heteroatoms. The van der Waals surface area contributed by atoms with Gasteiger partial charge in [-0.25, -0.2) is 0 Å². The number of amides is 1. The van der Waals surface area contributed by atoms with Crippen LogP contribution < -0.4 is 10.6 Å². The summed E-state index contributed by atoms with van der Waals surface area (Å²) in [5.41, 5.74) is 0. The lowest BCUT2D eigenvalue weighted by Gasteiger charge is -2.35. The van der Waals surface area contributed by atoms with E-state index in [2.05, 4.69) is 10.6 Å². The first-order chi connectivity index (χ1) is 4.86. The molecule has 2 N–H and O–H groups in total. The smallest absolute Gasteiger partial charge is 0.239 e. The molecule has 2 heterocycles. The standard InChI is InChI=1S/C6H10N2O2/c9-6-5-3-10-2-4(8-5)1-7-6/h4-5,8H,1-3H2,(H,7,9). The van der Waals surface area contributed by atoms with Gasteiger partial charge in [-0.2, -0.15) is 0 Å². The zero-order chi connectivity index (χ0) is 6.97. The monoisotopic (exact) mass is 142 g/mol. The van der Waals surface area contributed by atoms with Crippen LogP contribution in [0.1, 0.15) is 0 Å². The average molecular weight is 142 g/mol. The number of morpholine rings is 1. The van der Waals surface area contributed by atoms with E-state index in [0.717, 1.165) is 6.61 Å². The molecule has 0 aromatic carbocycles. The van der Waals surface area contributed by atoms with Gasteiger partial charge in [0.1, 0.15) is 6.04 Å². The number of carbonyl (C=O) groups is 1. The van der Waals surface area contributed by atoms with Crippen molar-refractivity contribution in [3.8, 4) is 0 Å². The van der Waals surface area contributed by atoms with Gasteiger partial charge in [0, 0.05) is 12.6 Å². The normalized spacial score (nSPS) is 39.0. The molecule has 0 aliphatic carbocycles. The van der Waals surface area contributed by atoms with E-state index in [-0.39, 0.29) is 11.9 Å². The minimum absolute atomic E-state index is 0.0657. The van der Waals surface area contributed by atoms with E-state index >= 15 is 0 Å². The van der Waals surface area contributed by atoms with E-state index in [0.29, 0.717) is 19.2 Å². The summed E-state index contributed by atoms with van der Waals surface area (Å²) in [4.78, 5) is 11.0. The zero-order valence-corrected chi connectivity index (χ0v) is 5.59. The van der Waals surface area contributed by atoms with Crippen molar-refractivity contribution in [1.82, 2.24) is 10.6 Å². The second-order valence-corrected chi connectivity index (χ2v) is 2.70. The van der Waals surface area contributed by atoms with Crippen LogP contribution in [0.25, 0.3) is 0 Å². The first kappa shape index (κ1) is 6.12. The summed E-state index contributed by atoms with van der Waals surface area (Å²) in [7, 11) is 0. The Morgan fingerprint density at radius 2 is 2.40 bits per heavy atom. The Labute approximate surface area is 58.9 Å². The Bertz CT molecular complexity index is 160.